The van der Waals surface area contributed by atoms with Crippen molar-refractivity contribution in [3.8, 4) is 23.0 Å². The summed E-state index contributed by atoms with van der Waals surface area (Å²) in [6.07, 6.45) is 0.583. The van der Waals surface area contributed by atoms with E-state index >= 15 is 0 Å². The minimum atomic E-state index is 0.419. The van der Waals surface area contributed by atoms with E-state index < -0.39 is 0 Å². The molecule has 2 aromatic carbocycles. The topological polar surface area (TPSA) is 48.8 Å². The maximum Gasteiger partial charge on any atom is 0.0367 e. The Kier molecular flexibility index (Phi) is 4.64. The van der Waals surface area contributed by atoms with Gasteiger partial charge in [0, 0.05) is 23.4 Å². The minimum Gasteiger partial charge on any atom is -0.0978 e. The zero-order valence-electron chi connectivity index (χ0n) is 10.5. The van der Waals surface area contributed by atoms with Crippen LogP contribution in [-0.4, -0.2) is 6.54 Å². The molecule has 2 rings (SSSR count). The summed E-state index contributed by atoms with van der Waals surface area (Å²) in [6, 6.07) is 18.3. The van der Waals surface area contributed by atoms with Crippen LogP contribution in [-0.2, 0) is 0 Å². The highest BCUT2D eigenvalue weighted by molar-refractivity contribution is 5.65. The molecule has 19 heavy (non-hydrogen) atoms. The van der Waals surface area contributed by atoms with Crippen LogP contribution in [0.25, 0.3) is 21.6 Å². The van der Waals surface area contributed by atoms with Crippen molar-refractivity contribution in [1.29, 1.82) is 0 Å². The highest BCUT2D eigenvalue weighted by Crippen LogP contribution is 2.19. The molecule has 0 unspecified atom stereocenters. The molecule has 0 amide bonds. The standard InChI is InChI=1S/C16H13N3/c17-19-18-12-5-4-7-14-8-6-11-16(13-14)15-9-2-1-3-10-15/h1-3,6,8-11,13H,5,12H2. The molecule has 3 nitrogen and oxygen atoms in total. The Balaban J connectivity index is 2.14. The van der Waals surface area contributed by atoms with Crippen molar-refractivity contribution < 1.29 is 0 Å². The van der Waals surface area contributed by atoms with E-state index in [1.807, 2.05) is 30.3 Å². The lowest BCUT2D eigenvalue weighted by Crippen LogP contribution is -1.80. The van der Waals surface area contributed by atoms with E-state index in [-0.39, 0.29) is 0 Å². The van der Waals surface area contributed by atoms with E-state index in [0.29, 0.717) is 13.0 Å². The number of benzene rings is 2. The van der Waals surface area contributed by atoms with Gasteiger partial charge in [-0.2, -0.15) is 0 Å². The van der Waals surface area contributed by atoms with Crippen molar-refractivity contribution in [2.75, 3.05) is 6.54 Å². The van der Waals surface area contributed by atoms with E-state index in [0.717, 1.165) is 11.1 Å². The van der Waals surface area contributed by atoms with Gasteiger partial charge in [-0.1, -0.05) is 59.4 Å². The second kappa shape index (κ2) is 6.90. The molecule has 0 bridgehead atoms. The third kappa shape index (κ3) is 3.92. The average molecular weight is 247 g/mol. The number of rotatable bonds is 3. The van der Waals surface area contributed by atoms with Crippen molar-refractivity contribution >= 4 is 0 Å². The van der Waals surface area contributed by atoms with Crippen LogP contribution >= 0.6 is 0 Å². The summed E-state index contributed by atoms with van der Waals surface area (Å²) >= 11 is 0. The van der Waals surface area contributed by atoms with Crippen molar-refractivity contribution in [3.05, 3.63) is 70.6 Å². The number of azide groups is 1. The van der Waals surface area contributed by atoms with Crippen molar-refractivity contribution in [2.45, 2.75) is 6.42 Å². The third-order valence-corrected chi connectivity index (χ3v) is 2.60. The molecule has 92 valence electrons. The Morgan fingerprint density at radius 1 is 1.00 bits per heavy atom. The Bertz CT molecular complexity index is 644. The molecule has 0 atom stereocenters. The highest BCUT2D eigenvalue weighted by atomic mass is 15.1. The maximum absolute atomic E-state index is 8.16. The summed E-state index contributed by atoms with van der Waals surface area (Å²) in [5.41, 5.74) is 11.5. The largest absolute Gasteiger partial charge is 0.0978 e. The van der Waals surface area contributed by atoms with Gasteiger partial charge < -0.3 is 0 Å². The SMILES string of the molecule is [N-]=[N+]=NCCC#Cc1cccc(-c2ccccc2)c1. The van der Waals surface area contributed by atoms with E-state index in [4.69, 9.17) is 5.53 Å². The summed E-state index contributed by atoms with van der Waals surface area (Å²) in [6.45, 7) is 0.419. The van der Waals surface area contributed by atoms with Gasteiger partial charge in [0.1, 0.15) is 0 Å². The van der Waals surface area contributed by atoms with Gasteiger partial charge in [0.05, 0.1) is 0 Å². The first-order chi connectivity index (χ1) is 9.40. The van der Waals surface area contributed by atoms with Gasteiger partial charge in [0.2, 0.25) is 0 Å². The summed E-state index contributed by atoms with van der Waals surface area (Å²) < 4.78 is 0. The molecule has 0 heterocycles. The van der Waals surface area contributed by atoms with Crippen LogP contribution in [0.4, 0.5) is 0 Å². The lowest BCUT2D eigenvalue weighted by Gasteiger charge is -2.01. The molecule has 0 saturated carbocycles. The van der Waals surface area contributed by atoms with Gasteiger partial charge in [-0.25, -0.2) is 0 Å². The molecule has 0 aliphatic rings. The van der Waals surface area contributed by atoms with Gasteiger partial charge >= 0.3 is 0 Å². The van der Waals surface area contributed by atoms with Gasteiger partial charge in [-0.3, -0.25) is 0 Å². The molecular formula is C16H13N3. The molecule has 0 radical (unpaired) electrons. The van der Waals surface area contributed by atoms with Crippen LogP contribution in [0, 0.1) is 11.8 Å². The Morgan fingerprint density at radius 3 is 2.58 bits per heavy atom. The zero-order chi connectivity index (χ0) is 13.3. The first kappa shape index (κ1) is 12.8. The third-order valence-electron chi connectivity index (χ3n) is 2.60. The maximum atomic E-state index is 8.16. The van der Waals surface area contributed by atoms with Crippen LogP contribution in [0.2, 0.25) is 0 Å². The van der Waals surface area contributed by atoms with E-state index in [2.05, 4.69) is 46.1 Å². The second-order valence-corrected chi connectivity index (χ2v) is 3.95. The molecule has 0 aromatic heterocycles. The molecule has 0 N–H and O–H groups in total. The highest BCUT2D eigenvalue weighted by Gasteiger charge is 1.96. The number of nitrogens with zero attached hydrogens (tertiary/aromatic N) is 3. The lowest BCUT2D eigenvalue weighted by molar-refractivity contribution is 1.01. The van der Waals surface area contributed by atoms with Crippen LogP contribution in [0.15, 0.2) is 59.7 Å². The van der Waals surface area contributed by atoms with Gasteiger partial charge in [-0.05, 0) is 28.8 Å². The van der Waals surface area contributed by atoms with Crippen LogP contribution in [0.3, 0.4) is 0 Å². The van der Waals surface area contributed by atoms with E-state index in [1.54, 1.807) is 0 Å². The summed E-state index contributed by atoms with van der Waals surface area (Å²) in [7, 11) is 0. The lowest BCUT2D eigenvalue weighted by atomic mass is 10.0. The first-order valence-corrected chi connectivity index (χ1v) is 6.05. The van der Waals surface area contributed by atoms with E-state index in [9.17, 15) is 0 Å². The second-order valence-electron chi connectivity index (χ2n) is 3.95. The van der Waals surface area contributed by atoms with Crippen LogP contribution in [0.1, 0.15) is 12.0 Å². The number of hydrogen-bond donors (Lipinski definition) is 0. The monoisotopic (exact) mass is 247 g/mol. The smallest absolute Gasteiger partial charge is 0.0367 e. The molecule has 3 heteroatoms. The first-order valence-electron chi connectivity index (χ1n) is 6.05. The van der Waals surface area contributed by atoms with Gasteiger partial charge in [-0.15, -0.1) is 0 Å². The molecule has 0 aliphatic carbocycles. The summed E-state index contributed by atoms with van der Waals surface area (Å²) in [5.74, 6) is 6.08. The van der Waals surface area contributed by atoms with Crippen molar-refractivity contribution in [3.63, 3.8) is 0 Å². The minimum absolute atomic E-state index is 0.419. The molecule has 0 fully saturated rings. The van der Waals surface area contributed by atoms with Crippen LogP contribution < -0.4 is 0 Å². The molecule has 2 aromatic rings. The molecule has 0 aliphatic heterocycles. The number of hydrogen-bond acceptors (Lipinski definition) is 1. The quantitative estimate of drug-likeness (QED) is 0.254. The van der Waals surface area contributed by atoms with Crippen molar-refractivity contribution in [1.82, 2.24) is 0 Å². The molecule has 0 saturated heterocycles. The summed E-state index contributed by atoms with van der Waals surface area (Å²) in [4.78, 5) is 2.69. The molecule has 0 spiro atoms. The zero-order valence-corrected chi connectivity index (χ0v) is 10.5. The van der Waals surface area contributed by atoms with Crippen LogP contribution in [0.5, 0.6) is 0 Å². The summed E-state index contributed by atoms with van der Waals surface area (Å²) in [5, 5.41) is 3.45. The Morgan fingerprint density at radius 2 is 1.79 bits per heavy atom. The predicted octanol–water partition coefficient (Wildman–Crippen LogP) is 4.41. The van der Waals surface area contributed by atoms with E-state index in [1.165, 1.54) is 5.56 Å². The van der Waals surface area contributed by atoms with Gasteiger partial charge in [0.15, 0.2) is 0 Å². The average Bonchev–Trinajstić information content (AvgIpc) is 2.48. The fourth-order valence-electron chi connectivity index (χ4n) is 1.72. The molecular weight excluding hydrogens is 234 g/mol. The Hall–Kier alpha value is -2.69. The van der Waals surface area contributed by atoms with Gasteiger partial charge in [0.25, 0.3) is 0 Å². The van der Waals surface area contributed by atoms with Crippen molar-refractivity contribution in [2.24, 2.45) is 5.11 Å². The fourth-order valence-corrected chi connectivity index (χ4v) is 1.72. The normalized spacial score (nSPS) is 9.05. The Labute approximate surface area is 112 Å². The fraction of sp³-hybridized carbons (Fsp3) is 0.125. The predicted molar refractivity (Wildman–Crippen MR) is 77.4 cm³/mol.